The molecule has 0 amide bonds. The summed E-state index contributed by atoms with van der Waals surface area (Å²) in [5.41, 5.74) is 9.46. The van der Waals surface area contributed by atoms with Gasteiger partial charge in [0.2, 0.25) is 0 Å². The van der Waals surface area contributed by atoms with Gasteiger partial charge in [-0.1, -0.05) is 0 Å². The quantitative estimate of drug-likeness (QED) is 0.547. The zero-order valence-corrected chi connectivity index (χ0v) is 8.62. The summed E-state index contributed by atoms with van der Waals surface area (Å²) >= 11 is 0. The molecule has 8 spiro atoms. The third-order valence-corrected chi connectivity index (χ3v) is 14.6. The van der Waals surface area contributed by atoms with Crippen LogP contribution in [0.25, 0.3) is 0 Å². The van der Waals surface area contributed by atoms with Crippen LogP contribution in [0, 0.1) is 90.7 Å². The molecule has 0 bridgehead atoms. The van der Waals surface area contributed by atoms with Crippen LogP contribution in [0.3, 0.4) is 0 Å². The standard InChI is InChI=1S/C16H8/c1-2-4-3(1)11-9(1)10(2)13(4,11)16-8-6-5-7(8)15(11,16)12(5,9)14(6,10)16/h1-8H. The van der Waals surface area contributed by atoms with Crippen LogP contribution in [0.1, 0.15) is 0 Å². The summed E-state index contributed by atoms with van der Waals surface area (Å²) in [5, 5.41) is 0. The fraction of sp³-hybridized carbons (Fsp3) is 1.00. The van der Waals surface area contributed by atoms with Crippen molar-refractivity contribution in [1.29, 1.82) is 0 Å². The van der Waals surface area contributed by atoms with Crippen LogP contribution in [0.2, 0.25) is 0 Å². The number of rotatable bonds is 0. The fourth-order valence-electron chi connectivity index (χ4n) is 18.4. The Morgan fingerprint density at radius 2 is 0.375 bits per heavy atom. The Kier molecular flexibility index (Phi) is 0.163. The molecular weight excluding hydrogens is 192 g/mol. The normalized spacial score (nSPS) is 150. The van der Waals surface area contributed by atoms with Gasteiger partial charge in [-0.3, -0.25) is 0 Å². The highest BCUT2D eigenvalue weighted by Gasteiger charge is 3.62. The average Bonchev–Trinajstić information content (AvgIpc) is 2.24. The summed E-state index contributed by atoms with van der Waals surface area (Å²) in [5.74, 6) is 11.2. The molecule has 0 saturated heterocycles. The molecule has 16 aliphatic carbocycles. The third kappa shape index (κ3) is 0.0669. The lowest BCUT2D eigenvalue weighted by Crippen LogP contribution is -3.62. The third-order valence-electron chi connectivity index (χ3n) is 14.6. The molecule has 72 valence electrons. The Morgan fingerprint density at radius 1 is 0.250 bits per heavy atom. The van der Waals surface area contributed by atoms with Crippen molar-refractivity contribution in [2.24, 2.45) is 90.7 Å². The monoisotopic (exact) mass is 200 g/mol. The maximum Gasteiger partial charge on any atom is -0.00502 e. The highest BCUT2D eigenvalue weighted by Crippen LogP contribution is 3.63. The minimum atomic E-state index is 1.18. The lowest BCUT2D eigenvalue weighted by Gasteiger charge is -3.63. The average molecular weight is 200 g/mol. The van der Waals surface area contributed by atoms with Gasteiger partial charge in [0.1, 0.15) is 0 Å². The van der Waals surface area contributed by atoms with E-state index >= 15 is 0 Å². The molecular formula is C16H8. The molecule has 0 aromatic heterocycles. The molecule has 0 aliphatic heterocycles. The molecule has 0 nitrogen and oxygen atoms in total. The fourth-order valence-corrected chi connectivity index (χ4v) is 18.4. The van der Waals surface area contributed by atoms with E-state index < -0.39 is 0 Å². The Morgan fingerprint density at radius 3 is 0.500 bits per heavy atom. The highest BCUT2D eigenvalue weighted by molar-refractivity contribution is 6.06. The van der Waals surface area contributed by atoms with Crippen LogP contribution in [0.4, 0.5) is 0 Å². The summed E-state index contributed by atoms with van der Waals surface area (Å²) in [6.07, 6.45) is 0. The number of hydrogen-bond donors (Lipinski definition) is 0. The molecule has 0 heterocycles. The van der Waals surface area contributed by atoms with E-state index in [-0.39, 0.29) is 0 Å². The predicted molar refractivity (Wildman–Crippen MR) is 47.4 cm³/mol. The molecule has 16 heavy (non-hydrogen) atoms. The van der Waals surface area contributed by atoms with Gasteiger partial charge in [-0.05, 0) is 90.7 Å². The molecule has 0 aromatic carbocycles. The van der Waals surface area contributed by atoms with Crippen LogP contribution in [-0.2, 0) is 0 Å². The second kappa shape index (κ2) is 0.567. The van der Waals surface area contributed by atoms with E-state index in [1.165, 1.54) is 90.7 Å². The van der Waals surface area contributed by atoms with Crippen molar-refractivity contribution >= 4 is 0 Å². The van der Waals surface area contributed by atoms with Crippen LogP contribution < -0.4 is 0 Å². The minimum Gasteiger partial charge on any atom is -0.0265 e. The molecule has 16 aliphatic rings. The van der Waals surface area contributed by atoms with Gasteiger partial charge in [0.05, 0.1) is 0 Å². The Labute approximate surface area is 91.1 Å². The van der Waals surface area contributed by atoms with E-state index in [2.05, 4.69) is 0 Å². The van der Waals surface area contributed by atoms with Crippen LogP contribution in [0.15, 0.2) is 0 Å². The maximum absolute atomic E-state index is 1.40. The molecule has 0 unspecified atom stereocenters. The Balaban J connectivity index is 1.60. The van der Waals surface area contributed by atoms with Crippen molar-refractivity contribution < 1.29 is 0 Å². The lowest BCUT2D eigenvalue weighted by atomic mass is 8.40. The maximum atomic E-state index is 1.40. The van der Waals surface area contributed by atoms with E-state index in [1.807, 2.05) is 0 Å². The van der Waals surface area contributed by atoms with Crippen molar-refractivity contribution in [2.45, 2.75) is 0 Å². The van der Waals surface area contributed by atoms with E-state index in [1.54, 1.807) is 0 Å². The first kappa shape index (κ1) is 4.59. The van der Waals surface area contributed by atoms with Crippen molar-refractivity contribution in [3.05, 3.63) is 0 Å². The zero-order valence-electron chi connectivity index (χ0n) is 8.62. The van der Waals surface area contributed by atoms with E-state index in [0.717, 1.165) is 0 Å². The first-order valence-corrected chi connectivity index (χ1v) is 7.98. The molecule has 0 heteroatoms. The van der Waals surface area contributed by atoms with Crippen molar-refractivity contribution in [3.8, 4) is 0 Å². The van der Waals surface area contributed by atoms with E-state index in [9.17, 15) is 0 Å². The topological polar surface area (TPSA) is 0 Å². The van der Waals surface area contributed by atoms with Crippen molar-refractivity contribution in [3.63, 3.8) is 0 Å². The summed E-state index contributed by atoms with van der Waals surface area (Å²) in [7, 11) is 0. The lowest BCUT2D eigenvalue weighted by molar-refractivity contribution is -1.18. The molecule has 0 radical (unpaired) electrons. The Bertz CT molecular complexity index is 580. The van der Waals surface area contributed by atoms with Gasteiger partial charge in [-0.25, -0.2) is 0 Å². The summed E-state index contributed by atoms with van der Waals surface area (Å²) in [4.78, 5) is 0. The van der Waals surface area contributed by atoms with Gasteiger partial charge in [-0.2, -0.15) is 0 Å². The van der Waals surface area contributed by atoms with Gasteiger partial charge in [0.25, 0.3) is 0 Å². The molecule has 0 atom stereocenters. The second-order valence-electron chi connectivity index (χ2n) is 10.7. The number of hydrogen-bond acceptors (Lipinski definition) is 0. The highest BCUT2D eigenvalue weighted by atomic mass is 15.6. The van der Waals surface area contributed by atoms with E-state index in [0.29, 0.717) is 0 Å². The van der Waals surface area contributed by atoms with Crippen LogP contribution in [-0.4, -0.2) is 0 Å². The second-order valence-corrected chi connectivity index (χ2v) is 10.7. The Hall–Kier alpha value is 0. The smallest absolute Gasteiger partial charge is 0.00502 e. The van der Waals surface area contributed by atoms with Gasteiger partial charge in [-0.15, -0.1) is 0 Å². The summed E-state index contributed by atoms with van der Waals surface area (Å²) in [6, 6.07) is 0. The van der Waals surface area contributed by atoms with Crippen LogP contribution in [0.5, 0.6) is 0 Å². The molecule has 0 N–H and O–H groups in total. The summed E-state index contributed by atoms with van der Waals surface area (Å²) in [6.45, 7) is 0. The van der Waals surface area contributed by atoms with E-state index in [4.69, 9.17) is 0 Å². The first-order chi connectivity index (χ1) is 7.98. The largest absolute Gasteiger partial charge is 0.0265 e. The SMILES string of the molecule is C12C3C4C1C15C26C32C41C13C4C7C8C4C51C86C723. The van der Waals surface area contributed by atoms with Gasteiger partial charge in [0, 0.05) is 0 Å². The molecule has 16 rings (SSSR count). The molecule has 16 fully saturated rings. The van der Waals surface area contributed by atoms with Gasteiger partial charge in [0.15, 0.2) is 0 Å². The molecule has 0 aromatic rings. The first-order valence-electron chi connectivity index (χ1n) is 7.98. The molecule has 16 saturated carbocycles. The van der Waals surface area contributed by atoms with Gasteiger partial charge >= 0.3 is 0 Å². The zero-order chi connectivity index (χ0) is 8.62. The predicted octanol–water partition coefficient (Wildman–Crippen LogP) is 0.984. The van der Waals surface area contributed by atoms with Crippen molar-refractivity contribution in [2.75, 3.05) is 0 Å². The van der Waals surface area contributed by atoms with Gasteiger partial charge < -0.3 is 0 Å². The summed E-state index contributed by atoms with van der Waals surface area (Å²) < 4.78 is 0. The van der Waals surface area contributed by atoms with Crippen molar-refractivity contribution in [1.82, 2.24) is 0 Å². The van der Waals surface area contributed by atoms with Crippen LogP contribution >= 0.6 is 0 Å². The minimum absolute atomic E-state index is 1.18.